The third kappa shape index (κ3) is 5.19. The number of Topliss-reactive ketones (excluding diaryl/α,β-unsaturated/α-hetero) is 1. The molecule has 1 heterocycles. The predicted molar refractivity (Wildman–Crippen MR) is 155 cm³/mol. The number of carbonyl (C=O) groups is 2. The van der Waals surface area contributed by atoms with Gasteiger partial charge in [-0.1, -0.05) is 35.9 Å². The van der Waals surface area contributed by atoms with Crippen molar-refractivity contribution < 1.29 is 23.8 Å². The number of hydrogen-bond acceptors (Lipinski definition) is 6. The average Bonchev–Trinajstić information content (AvgIpc) is 2.96. The van der Waals surface area contributed by atoms with Crippen LogP contribution >= 0.6 is 0 Å². The van der Waals surface area contributed by atoms with Gasteiger partial charge in [0.05, 0.1) is 21.3 Å². The van der Waals surface area contributed by atoms with Crippen LogP contribution < -0.4 is 24.8 Å². The Morgan fingerprint density at radius 1 is 0.825 bits per heavy atom. The summed E-state index contributed by atoms with van der Waals surface area (Å²) in [5.74, 6) is 1.26. The number of carbonyl (C=O) groups excluding carboxylic acids is 2. The fraction of sp³-hybridized carbons (Fsp3) is 0.273. The molecule has 0 spiro atoms. The average molecular weight is 539 g/mol. The molecule has 3 aromatic rings. The van der Waals surface area contributed by atoms with Gasteiger partial charge in [0.25, 0.3) is 5.91 Å². The van der Waals surface area contributed by atoms with Crippen LogP contribution in [0, 0.1) is 6.92 Å². The molecular formula is C33H34N2O5. The number of rotatable bonds is 7. The second-order valence-corrected chi connectivity index (χ2v) is 10.2. The molecule has 0 saturated heterocycles. The van der Waals surface area contributed by atoms with Gasteiger partial charge in [0.2, 0.25) is 0 Å². The SMILES string of the molecule is COc1ccc(NC(=O)C2=C(C)NC3=C(C(=O)C[C@H](c4ccc(OC)c(OC)c4)C3)[C@@H]2c2ccc(C)cc2)cc1. The van der Waals surface area contributed by atoms with E-state index in [1.165, 1.54) is 0 Å². The largest absolute Gasteiger partial charge is 0.497 e. The van der Waals surface area contributed by atoms with E-state index in [9.17, 15) is 9.59 Å². The highest BCUT2D eigenvalue weighted by atomic mass is 16.5. The number of methoxy groups -OCH3 is 3. The quantitative estimate of drug-likeness (QED) is 0.383. The Bertz CT molecular complexity index is 1500. The maximum absolute atomic E-state index is 13.9. The van der Waals surface area contributed by atoms with Crippen molar-refractivity contribution in [1.82, 2.24) is 5.32 Å². The van der Waals surface area contributed by atoms with Gasteiger partial charge >= 0.3 is 0 Å². The summed E-state index contributed by atoms with van der Waals surface area (Å²) in [4.78, 5) is 27.7. The lowest BCUT2D eigenvalue weighted by Gasteiger charge is -2.37. The van der Waals surface area contributed by atoms with Crippen molar-refractivity contribution >= 4 is 17.4 Å². The number of dihydropyridines is 1. The van der Waals surface area contributed by atoms with Gasteiger partial charge in [-0.3, -0.25) is 9.59 Å². The molecule has 1 aliphatic heterocycles. The molecule has 1 amide bonds. The second kappa shape index (κ2) is 11.3. The lowest BCUT2D eigenvalue weighted by Crippen LogP contribution is -2.37. The van der Waals surface area contributed by atoms with Crippen molar-refractivity contribution in [2.24, 2.45) is 0 Å². The summed E-state index contributed by atoms with van der Waals surface area (Å²) >= 11 is 0. The third-order valence-electron chi connectivity index (χ3n) is 7.71. The first-order chi connectivity index (χ1) is 19.3. The molecule has 5 rings (SSSR count). The zero-order chi connectivity index (χ0) is 28.4. The lowest BCUT2D eigenvalue weighted by atomic mass is 9.71. The van der Waals surface area contributed by atoms with E-state index in [2.05, 4.69) is 10.6 Å². The first-order valence-electron chi connectivity index (χ1n) is 13.3. The Morgan fingerprint density at radius 2 is 1.50 bits per heavy atom. The Morgan fingerprint density at radius 3 is 2.15 bits per heavy atom. The zero-order valence-corrected chi connectivity index (χ0v) is 23.5. The van der Waals surface area contributed by atoms with Gasteiger partial charge in [0.1, 0.15) is 5.75 Å². The number of anilines is 1. The Labute approximate surface area is 234 Å². The molecule has 0 fully saturated rings. The summed E-state index contributed by atoms with van der Waals surface area (Å²) in [5, 5.41) is 6.47. The normalized spacial score (nSPS) is 18.6. The molecule has 1 aliphatic carbocycles. The molecular weight excluding hydrogens is 504 g/mol. The van der Waals surface area contributed by atoms with Gasteiger partial charge in [-0.2, -0.15) is 0 Å². The van der Waals surface area contributed by atoms with Crippen LogP contribution in [0.3, 0.4) is 0 Å². The maximum Gasteiger partial charge on any atom is 0.254 e. The van der Waals surface area contributed by atoms with Gasteiger partial charge in [-0.25, -0.2) is 0 Å². The summed E-state index contributed by atoms with van der Waals surface area (Å²) in [6, 6.07) is 21.1. The summed E-state index contributed by atoms with van der Waals surface area (Å²) in [6.07, 6.45) is 0.981. The topological polar surface area (TPSA) is 85.9 Å². The van der Waals surface area contributed by atoms with Crippen molar-refractivity contribution in [1.29, 1.82) is 0 Å². The van der Waals surface area contributed by atoms with Crippen molar-refractivity contribution in [2.45, 2.75) is 38.5 Å². The molecule has 40 heavy (non-hydrogen) atoms. The van der Waals surface area contributed by atoms with Crippen molar-refractivity contribution in [2.75, 3.05) is 26.6 Å². The Kier molecular flexibility index (Phi) is 7.65. The molecule has 2 N–H and O–H groups in total. The van der Waals surface area contributed by atoms with E-state index in [1.807, 2.05) is 56.3 Å². The first kappa shape index (κ1) is 27.1. The lowest BCUT2D eigenvalue weighted by molar-refractivity contribution is -0.116. The molecule has 0 bridgehead atoms. The minimum atomic E-state index is -0.478. The molecule has 7 nitrogen and oxygen atoms in total. The molecule has 206 valence electrons. The predicted octanol–water partition coefficient (Wildman–Crippen LogP) is 6.02. The van der Waals surface area contributed by atoms with Gasteiger partial charge in [0.15, 0.2) is 17.3 Å². The summed E-state index contributed by atoms with van der Waals surface area (Å²) in [7, 11) is 4.81. The van der Waals surface area contributed by atoms with E-state index in [0.717, 1.165) is 28.1 Å². The fourth-order valence-corrected chi connectivity index (χ4v) is 5.65. The number of benzene rings is 3. The molecule has 2 aliphatic rings. The number of nitrogens with one attached hydrogen (secondary N) is 2. The van der Waals surface area contributed by atoms with E-state index in [1.54, 1.807) is 45.6 Å². The van der Waals surface area contributed by atoms with Crippen LogP contribution in [0.1, 0.15) is 48.3 Å². The molecule has 0 saturated carbocycles. The van der Waals surface area contributed by atoms with Gasteiger partial charge in [-0.05, 0) is 73.7 Å². The number of aryl methyl sites for hydroxylation is 1. The van der Waals surface area contributed by atoms with Crippen LogP contribution in [-0.4, -0.2) is 33.0 Å². The van der Waals surface area contributed by atoms with Crippen LogP contribution in [0.2, 0.25) is 0 Å². The number of allylic oxidation sites excluding steroid dienone is 3. The van der Waals surface area contributed by atoms with E-state index >= 15 is 0 Å². The van der Waals surface area contributed by atoms with E-state index in [4.69, 9.17) is 14.2 Å². The van der Waals surface area contributed by atoms with E-state index in [-0.39, 0.29) is 17.6 Å². The monoisotopic (exact) mass is 538 g/mol. The number of ether oxygens (including phenoxy) is 3. The van der Waals surface area contributed by atoms with Crippen LogP contribution in [0.15, 0.2) is 89.3 Å². The molecule has 2 atom stereocenters. The Balaban J connectivity index is 1.52. The van der Waals surface area contributed by atoms with Crippen molar-refractivity contribution in [3.8, 4) is 17.2 Å². The number of ketones is 1. The summed E-state index contributed by atoms with van der Waals surface area (Å²) in [6.45, 7) is 3.92. The maximum atomic E-state index is 13.9. The van der Waals surface area contributed by atoms with Gasteiger partial charge in [0, 0.05) is 40.6 Å². The first-order valence-corrected chi connectivity index (χ1v) is 13.3. The number of amides is 1. The summed E-state index contributed by atoms with van der Waals surface area (Å²) in [5.41, 5.74) is 6.48. The van der Waals surface area contributed by atoms with Crippen LogP contribution in [0.4, 0.5) is 5.69 Å². The summed E-state index contributed by atoms with van der Waals surface area (Å²) < 4.78 is 16.1. The highest BCUT2D eigenvalue weighted by Crippen LogP contribution is 2.46. The van der Waals surface area contributed by atoms with E-state index < -0.39 is 5.92 Å². The van der Waals surface area contributed by atoms with Crippen LogP contribution in [0.5, 0.6) is 17.2 Å². The zero-order valence-electron chi connectivity index (χ0n) is 23.5. The Hall–Kier alpha value is -4.52. The third-order valence-corrected chi connectivity index (χ3v) is 7.71. The highest BCUT2D eigenvalue weighted by Gasteiger charge is 2.41. The van der Waals surface area contributed by atoms with Crippen molar-refractivity contribution in [3.63, 3.8) is 0 Å². The molecule has 7 heteroatoms. The smallest absolute Gasteiger partial charge is 0.254 e. The van der Waals surface area contributed by atoms with Gasteiger partial charge in [-0.15, -0.1) is 0 Å². The highest BCUT2D eigenvalue weighted by molar-refractivity contribution is 6.10. The fourth-order valence-electron chi connectivity index (χ4n) is 5.65. The van der Waals surface area contributed by atoms with Crippen molar-refractivity contribution in [3.05, 3.63) is 106 Å². The van der Waals surface area contributed by atoms with Crippen LogP contribution in [-0.2, 0) is 9.59 Å². The second-order valence-electron chi connectivity index (χ2n) is 10.2. The molecule has 0 radical (unpaired) electrons. The minimum Gasteiger partial charge on any atom is -0.497 e. The molecule has 0 aromatic heterocycles. The van der Waals surface area contributed by atoms with Crippen LogP contribution in [0.25, 0.3) is 0 Å². The van der Waals surface area contributed by atoms with Gasteiger partial charge < -0.3 is 24.8 Å². The molecule has 3 aromatic carbocycles. The number of hydrogen-bond donors (Lipinski definition) is 2. The molecule has 0 unspecified atom stereocenters. The van der Waals surface area contributed by atoms with E-state index in [0.29, 0.717) is 46.9 Å². The standard InChI is InChI=1S/C33H34N2O5/c1-19-6-8-21(9-7-19)31-30(33(37)35-24-11-13-25(38-3)14-12-24)20(2)34-26-16-23(17-27(36)32(26)31)22-10-15-28(39-4)29(18-22)40-5/h6-15,18,23,31,34H,16-17H2,1-5H3,(H,35,37)/t23-,31-/m1/s1. The minimum absolute atomic E-state index is 0.0281.